The Balaban J connectivity index is 2.31. The fourth-order valence-electron chi connectivity index (χ4n) is 2.81. The zero-order chi connectivity index (χ0) is 19.4. The van der Waals surface area contributed by atoms with Crippen LogP contribution in [-0.2, 0) is 20.0 Å². The lowest BCUT2D eigenvalue weighted by Gasteiger charge is -2.26. The first-order chi connectivity index (χ1) is 12.2. The van der Waals surface area contributed by atoms with Crippen molar-refractivity contribution in [1.29, 1.82) is 0 Å². The smallest absolute Gasteiger partial charge is 0.246 e. The molecule has 1 aromatic rings. The van der Waals surface area contributed by atoms with Gasteiger partial charge in [-0.3, -0.25) is 4.72 Å². The Labute approximate surface area is 156 Å². The van der Waals surface area contributed by atoms with Gasteiger partial charge in [-0.25, -0.2) is 16.8 Å². The second-order valence-electron chi connectivity index (χ2n) is 6.93. The van der Waals surface area contributed by atoms with Crippen molar-refractivity contribution in [1.82, 2.24) is 4.31 Å². The molecule has 1 aromatic carbocycles. The number of nitrogens with zero attached hydrogens (tertiary/aromatic N) is 1. The fraction of sp³-hybridized carbons (Fsp3) is 0.647. The first-order valence-corrected chi connectivity index (χ1v) is 11.9. The maximum absolute atomic E-state index is 13.0. The van der Waals surface area contributed by atoms with Crippen LogP contribution in [0.15, 0.2) is 23.1 Å². The first kappa shape index (κ1) is 21.0. The Kier molecular flexibility index (Phi) is 6.92. The number of sulfonamides is 2. The summed E-state index contributed by atoms with van der Waals surface area (Å²) >= 11 is 0. The third kappa shape index (κ3) is 5.34. The van der Waals surface area contributed by atoms with E-state index in [1.54, 1.807) is 0 Å². The van der Waals surface area contributed by atoms with E-state index in [0.717, 1.165) is 19.3 Å². The van der Waals surface area contributed by atoms with Gasteiger partial charge in [-0.1, -0.05) is 20.3 Å². The van der Waals surface area contributed by atoms with Gasteiger partial charge in [0.2, 0.25) is 20.0 Å². The van der Waals surface area contributed by atoms with Crippen molar-refractivity contribution in [3.05, 3.63) is 18.2 Å². The molecule has 1 heterocycles. The molecule has 0 atom stereocenters. The number of anilines is 1. The standard InChI is InChI=1S/C17H28N2O5S2/c1-14(2)9-12-25(20,21)18-15-7-8-16(24-3)17(13-15)26(22,23)19-10-5-4-6-11-19/h7-8,13-14,18H,4-6,9-12H2,1-3H3. The molecule has 26 heavy (non-hydrogen) atoms. The van der Waals surface area contributed by atoms with Gasteiger partial charge in [0, 0.05) is 13.1 Å². The second-order valence-corrected chi connectivity index (χ2v) is 10.7. The molecule has 0 spiro atoms. The van der Waals surface area contributed by atoms with E-state index in [4.69, 9.17) is 4.74 Å². The number of hydrogen-bond acceptors (Lipinski definition) is 5. The molecule has 9 heteroatoms. The van der Waals surface area contributed by atoms with Gasteiger partial charge in [0.1, 0.15) is 10.6 Å². The minimum atomic E-state index is -3.74. The lowest BCUT2D eigenvalue weighted by molar-refractivity contribution is 0.343. The molecule has 0 bridgehead atoms. The van der Waals surface area contributed by atoms with Gasteiger partial charge in [-0.15, -0.1) is 0 Å². The highest BCUT2D eigenvalue weighted by Gasteiger charge is 2.29. The van der Waals surface area contributed by atoms with Gasteiger partial charge in [-0.2, -0.15) is 4.31 Å². The molecule has 1 aliphatic rings. The van der Waals surface area contributed by atoms with Crippen molar-refractivity contribution in [2.75, 3.05) is 30.7 Å². The number of hydrogen-bond donors (Lipinski definition) is 1. The van der Waals surface area contributed by atoms with Crippen LogP contribution in [0.4, 0.5) is 5.69 Å². The molecule has 1 aliphatic heterocycles. The summed E-state index contributed by atoms with van der Waals surface area (Å²) in [5.41, 5.74) is 0.227. The summed E-state index contributed by atoms with van der Waals surface area (Å²) < 4.78 is 59.5. The van der Waals surface area contributed by atoms with Crippen molar-refractivity contribution in [3.8, 4) is 5.75 Å². The largest absolute Gasteiger partial charge is 0.495 e. The maximum atomic E-state index is 13.0. The molecule has 0 unspecified atom stereocenters. The van der Waals surface area contributed by atoms with E-state index in [-0.39, 0.29) is 28.0 Å². The summed E-state index contributed by atoms with van der Waals surface area (Å²) in [6.45, 7) is 4.84. The van der Waals surface area contributed by atoms with Crippen LogP contribution in [0.25, 0.3) is 0 Å². The Bertz CT molecular complexity index is 814. The lowest BCUT2D eigenvalue weighted by Crippen LogP contribution is -2.35. The summed E-state index contributed by atoms with van der Waals surface area (Å²) in [7, 11) is -5.87. The molecule has 0 radical (unpaired) electrons. The number of ether oxygens (including phenoxy) is 1. The normalized spacial score (nSPS) is 16.6. The number of piperidine rings is 1. The van der Waals surface area contributed by atoms with E-state index in [2.05, 4.69) is 4.72 Å². The highest BCUT2D eigenvalue weighted by Crippen LogP contribution is 2.31. The zero-order valence-corrected chi connectivity index (χ0v) is 17.2. The Morgan fingerprint density at radius 1 is 1.12 bits per heavy atom. The Hall–Kier alpha value is -1.32. The predicted octanol–water partition coefficient (Wildman–Crippen LogP) is 2.66. The van der Waals surface area contributed by atoms with Gasteiger partial charge in [0.25, 0.3) is 0 Å². The molecule has 7 nitrogen and oxygen atoms in total. The summed E-state index contributed by atoms with van der Waals surface area (Å²) in [5.74, 6) is 0.462. The monoisotopic (exact) mass is 404 g/mol. The molecule has 0 saturated carbocycles. The minimum absolute atomic E-state index is 0.00837. The van der Waals surface area contributed by atoms with Gasteiger partial charge in [-0.05, 0) is 43.4 Å². The van der Waals surface area contributed by atoms with Crippen LogP contribution < -0.4 is 9.46 Å². The molecule has 148 valence electrons. The number of rotatable bonds is 8. The van der Waals surface area contributed by atoms with Gasteiger partial charge in [0.05, 0.1) is 18.6 Å². The highest BCUT2D eigenvalue weighted by molar-refractivity contribution is 7.92. The van der Waals surface area contributed by atoms with Crippen LogP contribution in [0.1, 0.15) is 39.5 Å². The summed E-state index contributed by atoms with van der Waals surface area (Å²) in [5, 5.41) is 0. The third-order valence-corrected chi connectivity index (χ3v) is 7.57. The van der Waals surface area contributed by atoms with Gasteiger partial charge in [0.15, 0.2) is 0 Å². The van der Waals surface area contributed by atoms with Crippen molar-refractivity contribution in [3.63, 3.8) is 0 Å². The van der Waals surface area contributed by atoms with E-state index >= 15 is 0 Å². The Morgan fingerprint density at radius 3 is 2.35 bits per heavy atom. The Morgan fingerprint density at radius 2 is 1.77 bits per heavy atom. The molecular formula is C17H28N2O5S2. The minimum Gasteiger partial charge on any atom is -0.495 e. The highest BCUT2D eigenvalue weighted by atomic mass is 32.2. The van der Waals surface area contributed by atoms with Crippen molar-refractivity contribution in [2.24, 2.45) is 5.92 Å². The summed E-state index contributed by atoms with van der Waals surface area (Å²) in [6.07, 6.45) is 3.19. The summed E-state index contributed by atoms with van der Waals surface area (Å²) in [4.78, 5) is -0.00837. The number of methoxy groups -OCH3 is 1. The molecule has 0 amide bonds. The van der Waals surface area contributed by atoms with Crippen LogP contribution >= 0.6 is 0 Å². The molecule has 1 fully saturated rings. The average Bonchev–Trinajstić information content (AvgIpc) is 2.60. The van der Waals surface area contributed by atoms with Crippen LogP contribution in [0.3, 0.4) is 0 Å². The SMILES string of the molecule is COc1ccc(NS(=O)(=O)CCC(C)C)cc1S(=O)(=O)N1CCCCC1. The number of nitrogens with one attached hydrogen (secondary N) is 1. The van der Waals surface area contributed by atoms with Crippen LogP contribution in [0.5, 0.6) is 5.75 Å². The van der Waals surface area contributed by atoms with Crippen LogP contribution in [-0.4, -0.2) is 47.1 Å². The van der Waals surface area contributed by atoms with Crippen LogP contribution in [0.2, 0.25) is 0 Å². The first-order valence-electron chi connectivity index (χ1n) is 8.84. The predicted molar refractivity (Wildman–Crippen MR) is 102 cm³/mol. The van der Waals surface area contributed by atoms with E-state index in [1.165, 1.54) is 29.6 Å². The molecule has 0 aliphatic carbocycles. The van der Waals surface area contributed by atoms with Gasteiger partial charge < -0.3 is 4.74 Å². The third-order valence-electron chi connectivity index (χ3n) is 4.33. The molecule has 1 N–H and O–H groups in total. The average molecular weight is 405 g/mol. The quantitative estimate of drug-likeness (QED) is 0.719. The topological polar surface area (TPSA) is 92.8 Å². The zero-order valence-electron chi connectivity index (χ0n) is 15.6. The lowest BCUT2D eigenvalue weighted by atomic mass is 10.2. The molecular weight excluding hydrogens is 376 g/mol. The number of benzene rings is 1. The van der Waals surface area contributed by atoms with E-state index in [0.29, 0.717) is 19.5 Å². The summed E-state index contributed by atoms with van der Waals surface area (Å²) in [6, 6.07) is 4.34. The molecule has 1 saturated heterocycles. The maximum Gasteiger partial charge on any atom is 0.246 e. The van der Waals surface area contributed by atoms with Crippen LogP contribution in [0, 0.1) is 5.92 Å². The fourth-order valence-corrected chi connectivity index (χ4v) is 5.88. The van der Waals surface area contributed by atoms with E-state index in [1.807, 2.05) is 13.8 Å². The second kappa shape index (κ2) is 8.58. The van der Waals surface area contributed by atoms with Crippen molar-refractivity contribution < 1.29 is 21.6 Å². The van der Waals surface area contributed by atoms with E-state index < -0.39 is 20.0 Å². The van der Waals surface area contributed by atoms with E-state index in [9.17, 15) is 16.8 Å². The molecule has 0 aromatic heterocycles. The van der Waals surface area contributed by atoms with Crippen molar-refractivity contribution >= 4 is 25.7 Å². The van der Waals surface area contributed by atoms with Gasteiger partial charge >= 0.3 is 0 Å². The van der Waals surface area contributed by atoms with Crippen molar-refractivity contribution in [2.45, 2.75) is 44.4 Å². The molecule has 2 rings (SSSR count).